The van der Waals surface area contributed by atoms with Gasteiger partial charge in [0.15, 0.2) is 11.5 Å². The van der Waals surface area contributed by atoms with Gasteiger partial charge in [-0.15, -0.1) is 0 Å². The molecule has 94 valence electrons. The molecule has 0 radical (unpaired) electrons. The maximum Gasteiger partial charge on any atom is 0.162 e. The fourth-order valence-electron chi connectivity index (χ4n) is 2.42. The van der Waals surface area contributed by atoms with Crippen molar-refractivity contribution in [3.05, 3.63) is 23.8 Å². The van der Waals surface area contributed by atoms with Crippen LogP contribution in [0.5, 0.6) is 11.5 Å². The van der Waals surface area contributed by atoms with Crippen molar-refractivity contribution in [1.29, 1.82) is 0 Å². The van der Waals surface area contributed by atoms with Crippen LogP contribution in [0.15, 0.2) is 18.2 Å². The SMILES string of the molecule is COc1ccc(CN)cc1OC1(C)CCCC1. The minimum absolute atomic E-state index is 0.0412. The summed E-state index contributed by atoms with van der Waals surface area (Å²) in [7, 11) is 1.67. The lowest BCUT2D eigenvalue weighted by molar-refractivity contribution is 0.0926. The molecule has 0 aromatic heterocycles. The van der Waals surface area contributed by atoms with Gasteiger partial charge in [0.05, 0.1) is 7.11 Å². The highest BCUT2D eigenvalue weighted by molar-refractivity contribution is 5.43. The molecule has 17 heavy (non-hydrogen) atoms. The van der Waals surface area contributed by atoms with E-state index in [1.807, 2.05) is 18.2 Å². The monoisotopic (exact) mass is 235 g/mol. The summed E-state index contributed by atoms with van der Waals surface area (Å²) in [5.41, 5.74) is 6.69. The number of rotatable bonds is 4. The van der Waals surface area contributed by atoms with Gasteiger partial charge in [-0.2, -0.15) is 0 Å². The minimum atomic E-state index is -0.0412. The van der Waals surface area contributed by atoms with Gasteiger partial charge in [0, 0.05) is 6.54 Å². The van der Waals surface area contributed by atoms with Gasteiger partial charge in [-0.25, -0.2) is 0 Å². The highest BCUT2D eigenvalue weighted by Gasteiger charge is 2.31. The molecule has 0 saturated heterocycles. The third-order valence-corrected chi connectivity index (χ3v) is 3.48. The molecule has 1 aliphatic rings. The van der Waals surface area contributed by atoms with E-state index >= 15 is 0 Å². The predicted octanol–water partition coefficient (Wildman–Crippen LogP) is 2.87. The van der Waals surface area contributed by atoms with Gasteiger partial charge in [0.25, 0.3) is 0 Å². The second-order valence-electron chi connectivity index (χ2n) is 4.95. The molecule has 2 rings (SSSR count). The van der Waals surface area contributed by atoms with Crippen LogP contribution in [0, 0.1) is 0 Å². The van der Waals surface area contributed by atoms with Crippen LogP contribution >= 0.6 is 0 Å². The molecule has 0 amide bonds. The van der Waals surface area contributed by atoms with Gasteiger partial charge in [-0.3, -0.25) is 0 Å². The second-order valence-corrected chi connectivity index (χ2v) is 4.95. The molecule has 3 nitrogen and oxygen atoms in total. The normalized spacial score (nSPS) is 18.1. The molecule has 0 unspecified atom stereocenters. The quantitative estimate of drug-likeness (QED) is 0.872. The zero-order valence-electron chi connectivity index (χ0n) is 10.7. The van der Waals surface area contributed by atoms with E-state index in [2.05, 4.69) is 6.92 Å². The topological polar surface area (TPSA) is 44.5 Å². The van der Waals surface area contributed by atoms with E-state index in [-0.39, 0.29) is 5.60 Å². The highest BCUT2D eigenvalue weighted by atomic mass is 16.5. The molecule has 0 aliphatic heterocycles. The summed E-state index contributed by atoms with van der Waals surface area (Å²) in [6, 6.07) is 5.89. The van der Waals surface area contributed by atoms with Crippen molar-refractivity contribution in [2.24, 2.45) is 5.73 Å². The lowest BCUT2D eigenvalue weighted by atomic mass is 10.1. The number of ether oxygens (including phenoxy) is 2. The molecule has 1 aromatic carbocycles. The van der Waals surface area contributed by atoms with Gasteiger partial charge < -0.3 is 15.2 Å². The molecule has 0 spiro atoms. The summed E-state index contributed by atoms with van der Waals surface area (Å²) < 4.78 is 11.5. The van der Waals surface area contributed by atoms with E-state index in [9.17, 15) is 0 Å². The third kappa shape index (κ3) is 2.72. The Morgan fingerprint density at radius 3 is 2.53 bits per heavy atom. The van der Waals surface area contributed by atoms with Gasteiger partial charge in [0.2, 0.25) is 0 Å². The molecule has 1 aromatic rings. The van der Waals surface area contributed by atoms with E-state index in [0.717, 1.165) is 29.9 Å². The number of methoxy groups -OCH3 is 1. The fraction of sp³-hybridized carbons (Fsp3) is 0.571. The predicted molar refractivity (Wildman–Crippen MR) is 68.4 cm³/mol. The van der Waals surface area contributed by atoms with Crippen LogP contribution in [0.3, 0.4) is 0 Å². The van der Waals surface area contributed by atoms with Crippen LogP contribution in [-0.2, 0) is 6.54 Å². The van der Waals surface area contributed by atoms with E-state index < -0.39 is 0 Å². The van der Waals surface area contributed by atoms with Crippen molar-refractivity contribution in [1.82, 2.24) is 0 Å². The summed E-state index contributed by atoms with van der Waals surface area (Å²) >= 11 is 0. The first-order valence-corrected chi connectivity index (χ1v) is 6.23. The minimum Gasteiger partial charge on any atom is -0.493 e. The van der Waals surface area contributed by atoms with Gasteiger partial charge in [-0.1, -0.05) is 6.07 Å². The lowest BCUT2D eigenvalue weighted by Crippen LogP contribution is -2.28. The summed E-state index contributed by atoms with van der Waals surface area (Å²) in [5, 5.41) is 0. The van der Waals surface area contributed by atoms with Gasteiger partial charge in [-0.05, 0) is 50.3 Å². The summed E-state index contributed by atoms with van der Waals surface area (Å²) in [6.45, 7) is 2.70. The smallest absolute Gasteiger partial charge is 0.162 e. The first-order chi connectivity index (χ1) is 8.17. The zero-order valence-corrected chi connectivity index (χ0v) is 10.7. The third-order valence-electron chi connectivity index (χ3n) is 3.48. The van der Waals surface area contributed by atoms with Crippen LogP contribution in [-0.4, -0.2) is 12.7 Å². The molecular formula is C14H21NO2. The van der Waals surface area contributed by atoms with Gasteiger partial charge in [0.1, 0.15) is 5.60 Å². The van der Waals surface area contributed by atoms with E-state index in [1.54, 1.807) is 7.11 Å². The number of benzene rings is 1. The molecule has 3 heteroatoms. The van der Waals surface area contributed by atoms with Crippen molar-refractivity contribution < 1.29 is 9.47 Å². The second kappa shape index (κ2) is 4.96. The zero-order chi connectivity index (χ0) is 12.3. The standard InChI is InChI=1S/C14H21NO2/c1-14(7-3-4-8-14)17-13-9-11(10-15)5-6-12(13)16-2/h5-6,9H,3-4,7-8,10,15H2,1-2H3. The Kier molecular flexibility index (Phi) is 3.57. The maximum absolute atomic E-state index is 6.15. The fourth-order valence-corrected chi connectivity index (χ4v) is 2.42. The number of hydrogen-bond donors (Lipinski definition) is 1. The van der Waals surface area contributed by atoms with Crippen LogP contribution in [0.2, 0.25) is 0 Å². The van der Waals surface area contributed by atoms with Crippen LogP contribution in [0.25, 0.3) is 0 Å². The first kappa shape index (κ1) is 12.2. The largest absolute Gasteiger partial charge is 0.493 e. The lowest BCUT2D eigenvalue weighted by Gasteiger charge is -2.26. The molecular weight excluding hydrogens is 214 g/mol. The molecule has 0 bridgehead atoms. The van der Waals surface area contributed by atoms with E-state index in [4.69, 9.17) is 15.2 Å². The van der Waals surface area contributed by atoms with Crippen molar-refractivity contribution in [2.45, 2.75) is 44.8 Å². The highest BCUT2D eigenvalue weighted by Crippen LogP contribution is 2.38. The Bertz CT molecular complexity index is 384. The molecule has 1 fully saturated rings. The van der Waals surface area contributed by atoms with Crippen LogP contribution < -0.4 is 15.2 Å². The van der Waals surface area contributed by atoms with Crippen LogP contribution in [0.1, 0.15) is 38.2 Å². The van der Waals surface area contributed by atoms with Crippen molar-refractivity contribution in [3.8, 4) is 11.5 Å². The molecule has 2 N–H and O–H groups in total. The summed E-state index contributed by atoms with van der Waals surface area (Å²) in [6.07, 6.45) is 4.72. The Morgan fingerprint density at radius 2 is 1.94 bits per heavy atom. The van der Waals surface area contributed by atoms with E-state index in [1.165, 1.54) is 12.8 Å². The van der Waals surface area contributed by atoms with Crippen molar-refractivity contribution in [2.75, 3.05) is 7.11 Å². The summed E-state index contributed by atoms with van der Waals surface area (Å²) in [4.78, 5) is 0. The Hall–Kier alpha value is -1.22. The van der Waals surface area contributed by atoms with Crippen molar-refractivity contribution in [3.63, 3.8) is 0 Å². The summed E-state index contributed by atoms with van der Waals surface area (Å²) in [5.74, 6) is 1.61. The number of hydrogen-bond acceptors (Lipinski definition) is 3. The van der Waals surface area contributed by atoms with Crippen LogP contribution in [0.4, 0.5) is 0 Å². The molecule has 0 heterocycles. The van der Waals surface area contributed by atoms with Gasteiger partial charge >= 0.3 is 0 Å². The number of nitrogens with two attached hydrogens (primary N) is 1. The molecule has 1 saturated carbocycles. The Labute approximate surface area is 103 Å². The Balaban J connectivity index is 2.23. The average molecular weight is 235 g/mol. The van der Waals surface area contributed by atoms with E-state index in [0.29, 0.717) is 6.54 Å². The molecule has 1 aliphatic carbocycles. The Morgan fingerprint density at radius 1 is 1.24 bits per heavy atom. The maximum atomic E-state index is 6.15. The average Bonchev–Trinajstić information content (AvgIpc) is 2.75. The molecule has 0 atom stereocenters. The van der Waals surface area contributed by atoms with Crippen molar-refractivity contribution >= 4 is 0 Å². The first-order valence-electron chi connectivity index (χ1n) is 6.23.